The first-order valence-corrected chi connectivity index (χ1v) is 9.51. The van der Waals surface area contributed by atoms with Crippen molar-refractivity contribution in [3.63, 3.8) is 0 Å². The summed E-state index contributed by atoms with van der Waals surface area (Å²) < 4.78 is 1.15. The lowest BCUT2D eigenvalue weighted by molar-refractivity contribution is -0.131. The number of carbonyl (C=O) groups is 1. The van der Waals surface area contributed by atoms with E-state index in [1.165, 1.54) is 0 Å². The smallest absolute Gasteiger partial charge is 0.223 e. The van der Waals surface area contributed by atoms with Crippen molar-refractivity contribution in [2.24, 2.45) is 0 Å². The maximum atomic E-state index is 12.6. The van der Waals surface area contributed by atoms with E-state index in [1.807, 2.05) is 57.3 Å². The zero-order valence-corrected chi connectivity index (χ0v) is 16.2. The third-order valence-electron chi connectivity index (χ3n) is 4.51. The molecule has 0 bridgehead atoms. The third kappa shape index (κ3) is 4.02. The minimum absolute atomic E-state index is 0.0356. The van der Waals surface area contributed by atoms with E-state index >= 15 is 0 Å². The Labute approximate surface area is 157 Å². The summed E-state index contributed by atoms with van der Waals surface area (Å²) in [6, 6.07) is 14.0. The van der Waals surface area contributed by atoms with Gasteiger partial charge in [-0.05, 0) is 49.6 Å². The summed E-state index contributed by atoms with van der Waals surface area (Å²) in [4.78, 5) is 19.0. The van der Waals surface area contributed by atoms with Crippen LogP contribution in [0.5, 0.6) is 0 Å². The molecule has 0 spiro atoms. The number of para-hydroxylation sites is 1. The van der Waals surface area contributed by atoms with Gasteiger partial charge in [0.15, 0.2) is 0 Å². The number of rotatable bonds is 5. The highest BCUT2D eigenvalue weighted by Gasteiger charge is 2.20. The zero-order chi connectivity index (χ0) is 18.0. The van der Waals surface area contributed by atoms with Crippen LogP contribution in [0.1, 0.15) is 35.5 Å². The average Bonchev–Trinajstić information content (AvgIpc) is 3.05. The van der Waals surface area contributed by atoms with Crippen molar-refractivity contribution in [3.8, 4) is 0 Å². The van der Waals surface area contributed by atoms with Crippen LogP contribution in [0.15, 0.2) is 42.5 Å². The van der Waals surface area contributed by atoms with Gasteiger partial charge in [0.05, 0.1) is 16.3 Å². The molecule has 130 valence electrons. The summed E-state index contributed by atoms with van der Waals surface area (Å²) in [5.74, 6) is 0.114. The van der Waals surface area contributed by atoms with E-state index < -0.39 is 0 Å². The average molecular weight is 373 g/mol. The van der Waals surface area contributed by atoms with E-state index in [2.05, 4.69) is 11.1 Å². The minimum atomic E-state index is -0.0356. The second kappa shape index (κ2) is 7.54. The number of hydrogen-bond acceptors (Lipinski definition) is 3. The molecule has 0 saturated heterocycles. The number of carbonyl (C=O) groups excluding carboxylic acids is 1. The molecule has 5 heteroatoms. The molecule has 1 atom stereocenters. The number of thiazole rings is 1. The summed E-state index contributed by atoms with van der Waals surface area (Å²) in [7, 11) is 1.85. The van der Waals surface area contributed by atoms with Crippen LogP contribution in [-0.4, -0.2) is 22.8 Å². The Hall–Kier alpha value is -1.91. The van der Waals surface area contributed by atoms with Gasteiger partial charge in [-0.25, -0.2) is 4.98 Å². The lowest BCUT2D eigenvalue weighted by Gasteiger charge is -2.23. The first-order chi connectivity index (χ1) is 12.0. The fourth-order valence-electron chi connectivity index (χ4n) is 2.67. The molecule has 1 amide bonds. The van der Waals surface area contributed by atoms with Crippen LogP contribution in [0, 0.1) is 6.92 Å². The van der Waals surface area contributed by atoms with Crippen molar-refractivity contribution in [2.45, 2.75) is 32.7 Å². The van der Waals surface area contributed by atoms with Gasteiger partial charge in [0.25, 0.3) is 0 Å². The van der Waals surface area contributed by atoms with Crippen LogP contribution >= 0.6 is 22.9 Å². The molecule has 0 radical (unpaired) electrons. The normalized spacial score (nSPS) is 12.3. The van der Waals surface area contributed by atoms with Crippen molar-refractivity contribution < 1.29 is 4.79 Å². The van der Waals surface area contributed by atoms with Crippen LogP contribution in [0.3, 0.4) is 0 Å². The van der Waals surface area contributed by atoms with E-state index in [0.29, 0.717) is 12.8 Å². The van der Waals surface area contributed by atoms with Crippen molar-refractivity contribution in [1.82, 2.24) is 9.88 Å². The maximum Gasteiger partial charge on any atom is 0.223 e. The summed E-state index contributed by atoms with van der Waals surface area (Å²) in [5, 5.41) is 1.72. The van der Waals surface area contributed by atoms with Crippen LogP contribution in [0.4, 0.5) is 0 Å². The maximum absolute atomic E-state index is 12.6. The van der Waals surface area contributed by atoms with Gasteiger partial charge in [-0.15, -0.1) is 11.3 Å². The van der Waals surface area contributed by atoms with Crippen molar-refractivity contribution in [3.05, 3.63) is 63.6 Å². The van der Waals surface area contributed by atoms with Gasteiger partial charge in [0.1, 0.15) is 5.01 Å². The first kappa shape index (κ1) is 17.9. The highest BCUT2D eigenvalue weighted by atomic mass is 35.5. The van der Waals surface area contributed by atoms with Crippen LogP contribution in [0.2, 0.25) is 5.02 Å². The highest BCUT2D eigenvalue weighted by molar-refractivity contribution is 7.18. The van der Waals surface area contributed by atoms with Crippen molar-refractivity contribution >= 4 is 39.1 Å². The van der Waals surface area contributed by atoms with E-state index in [1.54, 1.807) is 16.2 Å². The molecule has 1 aromatic heterocycles. The van der Waals surface area contributed by atoms with Gasteiger partial charge < -0.3 is 4.90 Å². The molecule has 3 rings (SSSR count). The number of halogens is 1. The van der Waals surface area contributed by atoms with E-state index in [9.17, 15) is 4.79 Å². The number of amides is 1. The largest absolute Gasteiger partial charge is 0.337 e. The molecule has 0 unspecified atom stereocenters. The lowest BCUT2D eigenvalue weighted by Crippen LogP contribution is -2.29. The minimum Gasteiger partial charge on any atom is -0.337 e. The molecule has 0 aliphatic carbocycles. The number of benzene rings is 2. The van der Waals surface area contributed by atoms with E-state index in [4.69, 9.17) is 11.6 Å². The Morgan fingerprint density at radius 1 is 1.28 bits per heavy atom. The number of fused-ring (bicyclic) bond motifs is 1. The van der Waals surface area contributed by atoms with E-state index in [-0.39, 0.29) is 11.9 Å². The fourth-order valence-corrected chi connectivity index (χ4v) is 3.94. The van der Waals surface area contributed by atoms with Gasteiger partial charge in [-0.3, -0.25) is 4.79 Å². The predicted molar refractivity (Wildman–Crippen MR) is 105 cm³/mol. The molecule has 1 heterocycles. The Bertz CT molecular complexity index is 873. The third-order valence-corrected chi connectivity index (χ3v) is 6.12. The SMILES string of the molecule is Cc1ccc(CCC(=O)N(C)[C@@H](C)c2nc3ccccc3s2)cc1Cl. The van der Waals surface area contributed by atoms with E-state index in [0.717, 1.165) is 31.4 Å². The monoisotopic (exact) mass is 372 g/mol. The Morgan fingerprint density at radius 3 is 2.76 bits per heavy atom. The molecular weight excluding hydrogens is 352 g/mol. The zero-order valence-electron chi connectivity index (χ0n) is 14.6. The number of hydrogen-bond donors (Lipinski definition) is 0. The summed E-state index contributed by atoms with van der Waals surface area (Å²) >= 11 is 7.81. The number of nitrogens with zero attached hydrogens (tertiary/aromatic N) is 2. The molecule has 0 N–H and O–H groups in total. The first-order valence-electron chi connectivity index (χ1n) is 8.32. The van der Waals surface area contributed by atoms with Gasteiger partial charge in [0, 0.05) is 18.5 Å². The second-order valence-corrected chi connectivity index (χ2v) is 7.75. The standard InChI is InChI=1S/C20H21ClN2OS/c1-13-8-9-15(12-16(13)21)10-11-19(24)23(3)14(2)20-22-17-6-4-5-7-18(17)25-20/h4-9,12,14H,10-11H2,1-3H3/t14-/m0/s1. The molecule has 25 heavy (non-hydrogen) atoms. The van der Waals surface area contributed by atoms with Crippen LogP contribution in [0.25, 0.3) is 10.2 Å². The van der Waals surface area contributed by atoms with Crippen LogP contribution in [-0.2, 0) is 11.2 Å². The van der Waals surface area contributed by atoms with Gasteiger partial charge in [-0.1, -0.05) is 35.9 Å². The summed E-state index contributed by atoms with van der Waals surface area (Å²) in [5.41, 5.74) is 3.13. The number of aryl methyl sites for hydroxylation is 2. The van der Waals surface area contributed by atoms with Gasteiger partial charge in [0.2, 0.25) is 5.91 Å². The summed E-state index contributed by atoms with van der Waals surface area (Å²) in [6.45, 7) is 4.00. The Morgan fingerprint density at radius 2 is 2.04 bits per heavy atom. The highest BCUT2D eigenvalue weighted by Crippen LogP contribution is 2.29. The number of aromatic nitrogens is 1. The molecular formula is C20H21ClN2OS. The van der Waals surface area contributed by atoms with Crippen LogP contribution < -0.4 is 0 Å². The predicted octanol–water partition coefficient (Wildman–Crippen LogP) is 5.41. The summed E-state index contributed by atoms with van der Waals surface area (Å²) in [6.07, 6.45) is 1.15. The van der Waals surface area contributed by atoms with Gasteiger partial charge >= 0.3 is 0 Å². The molecule has 0 aliphatic rings. The Kier molecular flexibility index (Phi) is 5.40. The van der Waals surface area contributed by atoms with Gasteiger partial charge in [-0.2, -0.15) is 0 Å². The molecule has 3 nitrogen and oxygen atoms in total. The fraction of sp³-hybridized carbons (Fsp3) is 0.300. The quantitative estimate of drug-likeness (QED) is 0.599. The molecule has 3 aromatic rings. The topological polar surface area (TPSA) is 33.2 Å². The Balaban J connectivity index is 1.65. The molecule has 0 saturated carbocycles. The second-order valence-electron chi connectivity index (χ2n) is 6.28. The molecule has 0 fully saturated rings. The molecule has 0 aliphatic heterocycles. The molecule has 2 aromatic carbocycles. The lowest BCUT2D eigenvalue weighted by atomic mass is 10.1. The van der Waals surface area contributed by atoms with Crippen molar-refractivity contribution in [2.75, 3.05) is 7.05 Å². The van der Waals surface area contributed by atoms with Crippen molar-refractivity contribution in [1.29, 1.82) is 0 Å².